The van der Waals surface area contributed by atoms with Crippen molar-refractivity contribution in [1.29, 1.82) is 5.26 Å². The van der Waals surface area contributed by atoms with Crippen LogP contribution in [0.5, 0.6) is 5.75 Å². The molecule has 0 saturated heterocycles. The van der Waals surface area contributed by atoms with Crippen LogP contribution < -0.4 is 3.07 Å². The van der Waals surface area contributed by atoms with Crippen LogP contribution in [0, 0.1) is 11.3 Å². The van der Waals surface area contributed by atoms with Crippen molar-refractivity contribution in [3.8, 4) is 11.8 Å². The van der Waals surface area contributed by atoms with E-state index < -0.39 is 0 Å². The van der Waals surface area contributed by atoms with E-state index in [9.17, 15) is 0 Å². The highest BCUT2D eigenvalue weighted by Crippen LogP contribution is 2.14. The van der Waals surface area contributed by atoms with Crippen molar-refractivity contribution in [2.24, 2.45) is 0 Å². The molecule has 0 unspecified atom stereocenters. The SMILES string of the molecule is N#Cc1cccc(OI)c1. The largest absolute Gasteiger partial charge is 0.428 e. The second kappa shape index (κ2) is 3.42. The molecule has 0 aromatic heterocycles. The van der Waals surface area contributed by atoms with Crippen molar-refractivity contribution < 1.29 is 3.07 Å². The van der Waals surface area contributed by atoms with Crippen LogP contribution in [-0.4, -0.2) is 0 Å². The number of hydrogen-bond acceptors (Lipinski definition) is 2. The van der Waals surface area contributed by atoms with Crippen molar-refractivity contribution in [1.82, 2.24) is 0 Å². The molecular formula is C7H4INO. The molecule has 0 aliphatic carbocycles. The Balaban J connectivity index is 3.01. The van der Waals surface area contributed by atoms with Crippen LogP contribution in [0.4, 0.5) is 0 Å². The molecular weight excluding hydrogens is 241 g/mol. The van der Waals surface area contributed by atoms with Crippen LogP contribution >= 0.6 is 23.0 Å². The van der Waals surface area contributed by atoms with Crippen LogP contribution in [0.25, 0.3) is 0 Å². The molecule has 0 atom stereocenters. The first kappa shape index (κ1) is 7.35. The molecule has 50 valence electrons. The summed E-state index contributed by atoms with van der Waals surface area (Å²) in [6, 6.07) is 9.02. The highest BCUT2D eigenvalue weighted by molar-refractivity contribution is 14.1. The van der Waals surface area contributed by atoms with E-state index in [0.717, 1.165) is 0 Å². The Kier molecular flexibility index (Phi) is 2.51. The molecule has 0 N–H and O–H groups in total. The highest BCUT2D eigenvalue weighted by Gasteiger charge is 1.91. The Labute approximate surface area is 73.1 Å². The van der Waals surface area contributed by atoms with E-state index in [4.69, 9.17) is 8.33 Å². The number of nitriles is 1. The lowest BCUT2D eigenvalue weighted by Crippen LogP contribution is -1.75. The average Bonchev–Trinajstić information content (AvgIpc) is 2.05. The highest BCUT2D eigenvalue weighted by atomic mass is 127. The van der Waals surface area contributed by atoms with Gasteiger partial charge in [0.05, 0.1) is 11.6 Å². The summed E-state index contributed by atoms with van der Waals surface area (Å²) >= 11 is 1.78. The zero-order valence-corrected chi connectivity index (χ0v) is 7.20. The summed E-state index contributed by atoms with van der Waals surface area (Å²) in [6.45, 7) is 0. The fourth-order valence-corrected chi connectivity index (χ4v) is 0.888. The maximum Gasteiger partial charge on any atom is 0.192 e. The summed E-state index contributed by atoms with van der Waals surface area (Å²) in [5.74, 6) is 0.708. The minimum Gasteiger partial charge on any atom is -0.428 e. The van der Waals surface area contributed by atoms with Crippen molar-refractivity contribution in [3.63, 3.8) is 0 Å². The molecule has 0 saturated carbocycles. The van der Waals surface area contributed by atoms with Crippen LogP contribution in [0.2, 0.25) is 0 Å². The first-order chi connectivity index (χ1) is 4.86. The van der Waals surface area contributed by atoms with Gasteiger partial charge in [0.2, 0.25) is 0 Å². The topological polar surface area (TPSA) is 33.0 Å². The van der Waals surface area contributed by atoms with E-state index in [1.807, 2.05) is 6.07 Å². The number of nitrogens with zero attached hydrogens (tertiary/aromatic N) is 1. The monoisotopic (exact) mass is 245 g/mol. The Morgan fingerprint density at radius 1 is 1.50 bits per heavy atom. The standard InChI is InChI=1S/C7H4INO/c8-10-7-3-1-2-6(4-7)5-9/h1-4H. The molecule has 2 nitrogen and oxygen atoms in total. The first-order valence-corrected chi connectivity index (χ1v) is 3.53. The van der Waals surface area contributed by atoms with Crippen molar-refractivity contribution in [2.75, 3.05) is 0 Å². The normalized spacial score (nSPS) is 8.40. The van der Waals surface area contributed by atoms with Gasteiger partial charge in [-0.3, -0.25) is 0 Å². The number of rotatable bonds is 1. The molecule has 10 heavy (non-hydrogen) atoms. The van der Waals surface area contributed by atoms with Crippen molar-refractivity contribution in [2.45, 2.75) is 0 Å². The van der Waals surface area contributed by atoms with Crippen molar-refractivity contribution in [3.05, 3.63) is 29.8 Å². The lowest BCUT2D eigenvalue weighted by atomic mass is 10.2. The van der Waals surface area contributed by atoms with Gasteiger partial charge in [-0.25, -0.2) is 0 Å². The molecule has 0 fully saturated rings. The molecule has 0 radical (unpaired) electrons. The summed E-state index contributed by atoms with van der Waals surface area (Å²) in [5.41, 5.74) is 0.620. The predicted octanol–water partition coefficient (Wildman–Crippen LogP) is 2.29. The fraction of sp³-hybridized carbons (Fsp3) is 0. The smallest absolute Gasteiger partial charge is 0.192 e. The van der Waals surface area contributed by atoms with Crippen LogP contribution in [0.1, 0.15) is 5.56 Å². The third-order valence-electron chi connectivity index (χ3n) is 1.05. The zero-order chi connectivity index (χ0) is 7.40. The van der Waals surface area contributed by atoms with Gasteiger partial charge in [0, 0.05) is 0 Å². The van der Waals surface area contributed by atoms with E-state index in [1.165, 1.54) is 0 Å². The molecule has 0 spiro atoms. The van der Waals surface area contributed by atoms with Gasteiger partial charge in [0.15, 0.2) is 23.0 Å². The molecule has 1 aromatic carbocycles. The summed E-state index contributed by atoms with van der Waals surface area (Å²) in [7, 11) is 0. The van der Waals surface area contributed by atoms with Gasteiger partial charge in [-0.15, -0.1) is 0 Å². The van der Waals surface area contributed by atoms with Crippen molar-refractivity contribution >= 4 is 23.0 Å². The summed E-state index contributed by atoms with van der Waals surface area (Å²) in [5, 5.41) is 8.45. The zero-order valence-electron chi connectivity index (χ0n) is 5.04. The molecule has 0 bridgehead atoms. The maximum atomic E-state index is 8.45. The van der Waals surface area contributed by atoms with Crippen LogP contribution in [0.3, 0.4) is 0 Å². The third-order valence-corrected chi connectivity index (χ3v) is 1.56. The van der Waals surface area contributed by atoms with Gasteiger partial charge in [0.1, 0.15) is 5.75 Å². The molecule has 1 aromatic rings. The van der Waals surface area contributed by atoms with E-state index in [2.05, 4.69) is 0 Å². The fourth-order valence-electron chi connectivity index (χ4n) is 0.614. The van der Waals surface area contributed by atoms with Gasteiger partial charge in [0.25, 0.3) is 0 Å². The van der Waals surface area contributed by atoms with Crippen LogP contribution in [0.15, 0.2) is 24.3 Å². The van der Waals surface area contributed by atoms with E-state index in [0.29, 0.717) is 11.3 Å². The molecule has 0 aliphatic rings. The lowest BCUT2D eigenvalue weighted by Gasteiger charge is -1.93. The number of halogens is 1. The van der Waals surface area contributed by atoms with E-state index in [1.54, 1.807) is 47.3 Å². The average molecular weight is 245 g/mol. The van der Waals surface area contributed by atoms with E-state index >= 15 is 0 Å². The predicted molar refractivity (Wildman–Crippen MR) is 45.8 cm³/mol. The summed E-state index contributed by atoms with van der Waals surface area (Å²) in [6.07, 6.45) is 0. The number of hydrogen-bond donors (Lipinski definition) is 0. The van der Waals surface area contributed by atoms with Gasteiger partial charge in [-0.2, -0.15) is 5.26 Å². The van der Waals surface area contributed by atoms with Gasteiger partial charge in [-0.1, -0.05) is 6.07 Å². The minimum atomic E-state index is 0.620. The second-order valence-electron chi connectivity index (χ2n) is 1.72. The maximum absolute atomic E-state index is 8.45. The summed E-state index contributed by atoms with van der Waals surface area (Å²) in [4.78, 5) is 0. The molecule has 0 aliphatic heterocycles. The van der Waals surface area contributed by atoms with Gasteiger partial charge >= 0.3 is 0 Å². The minimum absolute atomic E-state index is 0.620. The molecule has 3 heteroatoms. The Morgan fingerprint density at radius 3 is 2.90 bits per heavy atom. The first-order valence-electron chi connectivity index (χ1n) is 2.65. The molecule has 0 amide bonds. The Hall–Kier alpha value is -0.760. The number of benzene rings is 1. The third kappa shape index (κ3) is 1.61. The molecule has 0 heterocycles. The van der Waals surface area contributed by atoms with E-state index in [-0.39, 0.29) is 0 Å². The quantitative estimate of drug-likeness (QED) is 0.711. The second-order valence-corrected chi connectivity index (χ2v) is 2.16. The van der Waals surface area contributed by atoms with Crippen LogP contribution in [-0.2, 0) is 0 Å². The summed E-state index contributed by atoms with van der Waals surface area (Å²) < 4.78 is 4.88. The lowest BCUT2D eigenvalue weighted by molar-refractivity contribution is 0.716. The molecule has 1 rings (SSSR count). The Bertz CT molecular complexity index is 267. The van der Waals surface area contributed by atoms with Gasteiger partial charge < -0.3 is 3.07 Å². The Morgan fingerprint density at radius 2 is 2.30 bits per heavy atom. The van der Waals surface area contributed by atoms with Gasteiger partial charge in [-0.05, 0) is 18.2 Å².